The molecule has 0 saturated heterocycles. The van der Waals surface area contributed by atoms with E-state index in [0.29, 0.717) is 5.69 Å². The number of benzene rings is 1. The van der Waals surface area contributed by atoms with Crippen LogP contribution in [-0.2, 0) is 25.6 Å². The van der Waals surface area contributed by atoms with Crippen LogP contribution in [0.1, 0.15) is 35.4 Å². The van der Waals surface area contributed by atoms with Gasteiger partial charge in [0.25, 0.3) is 0 Å². The van der Waals surface area contributed by atoms with Crippen molar-refractivity contribution >= 4 is 0 Å². The van der Waals surface area contributed by atoms with Crippen molar-refractivity contribution in [3.05, 3.63) is 47.0 Å². The normalized spacial score (nSPS) is 15.0. The van der Waals surface area contributed by atoms with E-state index >= 15 is 0 Å². The maximum Gasteiger partial charge on any atom is 0.416 e. The molecule has 3 nitrogen and oxygen atoms in total. The van der Waals surface area contributed by atoms with Crippen molar-refractivity contribution in [2.45, 2.75) is 38.4 Å². The van der Waals surface area contributed by atoms with Gasteiger partial charge in [0, 0.05) is 17.9 Å². The second kappa shape index (κ2) is 5.18. The summed E-state index contributed by atoms with van der Waals surface area (Å²) in [6.07, 6.45) is 1.11. The number of hydrogen-bond donors (Lipinski definition) is 1. The first-order chi connectivity index (χ1) is 10.0. The number of nitrogens with zero attached hydrogens (tertiary/aromatic N) is 2. The number of alkyl halides is 3. The number of rotatable bonds is 2. The lowest BCUT2D eigenvalue weighted by atomic mass is 10.0. The minimum absolute atomic E-state index is 0.111. The van der Waals surface area contributed by atoms with Gasteiger partial charge < -0.3 is 10.3 Å². The van der Waals surface area contributed by atoms with Crippen LogP contribution in [0.5, 0.6) is 0 Å². The standard InChI is InChI=1S/C15H16F3N3/c16-15(17,18)12-7-11(6-5-10(12)8-19)21-9-20-13-3-1-2-4-14(13)21/h5-7,9H,1-4,8,19H2. The molecule has 0 radical (unpaired) electrons. The fraction of sp³-hybridized carbons (Fsp3) is 0.400. The molecule has 0 atom stereocenters. The van der Waals surface area contributed by atoms with Gasteiger partial charge in [-0.15, -0.1) is 0 Å². The molecule has 1 aliphatic carbocycles. The van der Waals surface area contributed by atoms with E-state index < -0.39 is 11.7 Å². The molecular weight excluding hydrogens is 279 g/mol. The fourth-order valence-electron chi connectivity index (χ4n) is 2.85. The van der Waals surface area contributed by atoms with Crippen LogP contribution >= 0.6 is 0 Å². The monoisotopic (exact) mass is 295 g/mol. The molecule has 0 spiro atoms. The number of aromatic nitrogens is 2. The average Bonchev–Trinajstić information content (AvgIpc) is 2.89. The highest BCUT2D eigenvalue weighted by Gasteiger charge is 2.33. The van der Waals surface area contributed by atoms with Gasteiger partial charge in [0.2, 0.25) is 0 Å². The largest absolute Gasteiger partial charge is 0.416 e. The van der Waals surface area contributed by atoms with E-state index in [0.717, 1.165) is 37.1 Å². The van der Waals surface area contributed by atoms with E-state index in [1.165, 1.54) is 12.1 Å². The Labute approximate surface area is 120 Å². The van der Waals surface area contributed by atoms with Gasteiger partial charge >= 0.3 is 6.18 Å². The molecular formula is C15H16F3N3. The Morgan fingerprint density at radius 1 is 1.19 bits per heavy atom. The summed E-state index contributed by atoms with van der Waals surface area (Å²) < 4.78 is 41.1. The van der Waals surface area contributed by atoms with E-state index in [1.807, 2.05) is 0 Å². The van der Waals surface area contributed by atoms with Gasteiger partial charge in [-0.25, -0.2) is 4.98 Å². The lowest BCUT2D eigenvalue weighted by Crippen LogP contribution is -2.13. The van der Waals surface area contributed by atoms with Crippen molar-refractivity contribution in [1.82, 2.24) is 9.55 Å². The molecule has 2 aromatic rings. The molecule has 21 heavy (non-hydrogen) atoms. The Bertz CT molecular complexity index is 659. The molecule has 1 aromatic heterocycles. The summed E-state index contributed by atoms with van der Waals surface area (Å²) in [4.78, 5) is 4.32. The summed E-state index contributed by atoms with van der Waals surface area (Å²) in [6, 6.07) is 4.29. The SMILES string of the molecule is NCc1ccc(-n2cnc3c2CCCC3)cc1C(F)(F)F. The lowest BCUT2D eigenvalue weighted by molar-refractivity contribution is -0.138. The minimum atomic E-state index is -4.40. The van der Waals surface area contributed by atoms with Crippen molar-refractivity contribution < 1.29 is 13.2 Å². The van der Waals surface area contributed by atoms with Crippen LogP contribution in [-0.4, -0.2) is 9.55 Å². The Morgan fingerprint density at radius 3 is 2.67 bits per heavy atom. The van der Waals surface area contributed by atoms with Gasteiger partial charge in [-0.05, 0) is 43.4 Å². The highest BCUT2D eigenvalue weighted by Crippen LogP contribution is 2.34. The van der Waals surface area contributed by atoms with Crippen LogP contribution < -0.4 is 5.73 Å². The number of imidazole rings is 1. The predicted octanol–water partition coefficient (Wildman–Crippen LogP) is 3.23. The molecule has 0 fully saturated rings. The molecule has 0 bridgehead atoms. The number of hydrogen-bond acceptors (Lipinski definition) is 2. The average molecular weight is 295 g/mol. The molecule has 0 amide bonds. The first-order valence-corrected chi connectivity index (χ1v) is 6.96. The number of fused-ring (bicyclic) bond motifs is 1. The fourth-order valence-corrected chi connectivity index (χ4v) is 2.85. The van der Waals surface area contributed by atoms with E-state index in [4.69, 9.17) is 5.73 Å². The third kappa shape index (κ3) is 2.55. The Morgan fingerprint density at radius 2 is 1.95 bits per heavy atom. The summed E-state index contributed by atoms with van der Waals surface area (Å²) in [5, 5.41) is 0. The van der Waals surface area contributed by atoms with Crippen molar-refractivity contribution in [3.8, 4) is 5.69 Å². The van der Waals surface area contributed by atoms with Crippen molar-refractivity contribution in [2.75, 3.05) is 0 Å². The van der Waals surface area contributed by atoms with Crippen LogP contribution in [0.15, 0.2) is 24.5 Å². The lowest BCUT2D eigenvalue weighted by Gasteiger charge is -2.17. The van der Waals surface area contributed by atoms with Crippen LogP contribution in [0, 0.1) is 0 Å². The zero-order valence-corrected chi connectivity index (χ0v) is 11.5. The quantitative estimate of drug-likeness (QED) is 0.924. The minimum Gasteiger partial charge on any atom is -0.326 e. The van der Waals surface area contributed by atoms with Gasteiger partial charge in [0.15, 0.2) is 0 Å². The molecule has 2 N–H and O–H groups in total. The number of halogens is 3. The molecule has 1 aliphatic rings. The van der Waals surface area contributed by atoms with Crippen molar-refractivity contribution in [3.63, 3.8) is 0 Å². The molecule has 3 rings (SSSR count). The highest BCUT2D eigenvalue weighted by atomic mass is 19.4. The third-order valence-corrected chi connectivity index (χ3v) is 3.93. The molecule has 112 valence electrons. The number of aryl methyl sites for hydroxylation is 1. The maximum absolute atomic E-state index is 13.1. The predicted molar refractivity (Wildman–Crippen MR) is 73.1 cm³/mol. The summed E-state index contributed by atoms with van der Waals surface area (Å²) in [6.45, 7) is -0.128. The van der Waals surface area contributed by atoms with Gasteiger partial charge in [-0.3, -0.25) is 0 Å². The molecule has 1 aromatic carbocycles. The second-order valence-electron chi connectivity index (χ2n) is 5.26. The van der Waals surface area contributed by atoms with Gasteiger partial charge in [0.1, 0.15) is 0 Å². The van der Waals surface area contributed by atoms with Crippen LogP contribution in [0.25, 0.3) is 5.69 Å². The van der Waals surface area contributed by atoms with E-state index in [9.17, 15) is 13.2 Å². The van der Waals surface area contributed by atoms with Crippen LogP contribution in [0.4, 0.5) is 13.2 Å². The van der Waals surface area contributed by atoms with E-state index in [-0.39, 0.29) is 12.1 Å². The summed E-state index contributed by atoms with van der Waals surface area (Å²) in [5.41, 5.74) is 7.37. The summed E-state index contributed by atoms with van der Waals surface area (Å²) in [7, 11) is 0. The van der Waals surface area contributed by atoms with Crippen molar-refractivity contribution in [2.24, 2.45) is 5.73 Å². The molecule has 6 heteroatoms. The topological polar surface area (TPSA) is 43.8 Å². The Balaban J connectivity index is 2.09. The Hall–Kier alpha value is -1.82. The summed E-state index contributed by atoms with van der Waals surface area (Å²) in [5.74, 6) is 0. The second-order valence-corrected chi connectivity index (χ2v) is 5.26. The van der Waals surface area contributed by atoms with Gasteiger partial charge in [0.05, 0.1) is 17.6 Å². The first-order valence-electron chi connectivity index (χ1n) is 6.96. The van der Waals surface area contributed by atoms with E-state index in [1.54, 1.807) is 17.0 Å². The van der Waals surface area contributed by atoms with E-state index in [2.05, 4.69) is 4.98 Å². The molecule has 0 unspecified atom stereocenters. The molecule has 0 saturated carbocycles. The highest BCUT2D eigenvalue weighted by molar-refractivity contribution is 5.44. The maximum atomic E-state index is 13.1. The van der Waals surface area contributed by atoms with Crippen LogP contribution in [0.2, 0.25) is 0 Å². The van der Waals surface area contributed by atoms with Crippen LogP contribution in [0.3, 0.4) is 0 Å². The molecule has 1 heterocycles. The Kier molecular flexibility index (Phi) is 3.49. The van der Waals surface area contributed by atoms with Gasteiger partial charge in [-0.1, -0.05) is 6.07 Å². The smallest absolute Gasteiger partial charge is 0.326 e. The zero-order chi connectivity index (χ0) is 15.0. The molecule has 0 aliphatic heterocycles. The van der Waals surface area contributed by atoms with Gasteiger partial charge in [-0.2, -0.15) is 13.2 Å². The summed E-state index contributed by atoms with van der Waals surface area (Å²) >= 11 is 0. The third-order valence-electron chi connectivity index (χ3n) is 3.93. The zero-order valence-electron chi connectivity index (χ0n) is 11.5. The first kappa shape index (κ1) is 14.1. The van der Waals surface area contributed by atoms with Crippen molar-refractivity contribution in [1.29, 1.82) is 0 Å². The number of nitrogens with two attached hydrogens (primary N) is 1.